The number of fused-ring (bicyclic) bond motifs is 1. The molecule has 0 radical (unpaired) electrons. The van der Waals surface area contributed by atoms with Crippen LogP contribution in [0.1, 0.15) is 76.3 Å². The highest BCUT2D eigenvalue weighted by Gasteiger charge is 2.28. The van der Waals surface area contributed by atoms with E-state index in [0.29, 0.717) is 72.2 Å². The van der Waals surface area contributed by atoms with Crippen molar-refractivity contribution in [2.45, 2.75) is 90.4 Å². The molecular weight excluding hydrogens is 785 g/mol. The van der Waals surface area contributed by atoms with Crippen LogP contribution in [0.25, 0.3) is 10.2 Å². The number of amides is 4. The maximum absolute atomic E-state index is 13.8. The van der Waals surface area contributed by atoms with Crippen molar-refractivity contribution in [3.05, 3.63) is 59.1 Å². The summed E-state index contributed by atoms with van der Waals surface area (Å²) >= 11 is 2.71. The number of aliphatic imine (C=N–C) groups is 1. The molecule has 1 aliphatic heterocycles. The summed E-state index contributed by atoms with van der Waals surface area (Å²) in [5.74, 6) is -1.95. The minimum Gasteiger partial charge on any atom is -0.483 e. The molecule has 4 amide bonds. The van der Waals surface area contributed by atoms with E-state index in [2.05, 4.69) is 55.3 Å². The maximum atomic E-state index is 13.8. The van der Waals surface area contributed by atoms with Crippen LogP contribution >= 0.6 is 23.1 Å². The number of anilines is 1. The first-order valence-electron chi connectivity index (χ1n) is 19.3. The fourth-order valence-electron chi connectivity index (χ4n) is 5.43. The number of hydrogen-bond donors (Lipinski definition) is 7. The molecule has 2 aromatic carbocycles. The van der Waals surface area contributed by atoms with Crippen molar-refractivity contribution in [1.82, 2.24) is 31.2 Å². The zero-order valence-electron chi connectivity index (χ0n) is 33.9. The van der Waals surface area contributed by atoms with Crippen LogP contribution in [0, 0.1) is 0 Å². The first-order chi connectivity index (χ1) is 27.8. The van der Waals surface area contributed by atoms with E-state index in [1.54, 1.807) is 18.2 Å². The molecule has 0 aliphatic carbocycles. The molecular formula is C40H58N8O8S2. The Morgan fingerprint density at radius 3 is 2.22 bits per heavy atom. The summed E-state index contributed by atoms with van der Waals surface area (Å²) in [5, 5.41) is 32.0. The van der Waals surface area contributed by atoms with E-state index in [0.717, 1.165) is 23.2 Å². The van der Waals surface area contributed by atoms with E-state index in [1.807, 2.05) is 44.4 Å². The van der Waals surface area contributed by atoms with Crippen molar-refractivity contribution in [2.75, 3.05) is 44.8 Å². The average Bonchev–Trinajstić information content (AvgIpc) is 3.84. The van der Waals surface area contributed by atoms with E-state index in [9.17, 15) is 29.1 Å². The van der Waals surface area contributed by atoms with Gasteiger partial charge in [-0.15, -0.1) is 23.1 Å². The monoisotopic (exact) mass is 842 g/mol. The van der Waals surface area contributed by atoms with Gasteiger partial charge in [-0.25, -0.2) is 9.78 Å². The van der Waals surface area contributed by atoms with Gasteiger partial charge in [-0.1, -0.05) is 50.6 Å². The zero-order valence-corrected chi connectivity index (χ0v) is 35.5. The second kappa shape index (κ2) is 27.7. The predicted molar refractivity (Wildman–Crippen MR) is 230 cm³/mol. The Morgan fingerprint density at radius 1 is 0.948 bits per heavy atom. The highest BCUT2D eigenvalue weighted by Crippen LogP contribution is 2.31. The Labute approximate surface area is 348 Å². The minimum absolute atomic E-state index is 0.0252. The van der Waals surface area contributed by atoms with Crippen LogP contribution in [0.4, 0.5) is 5.69 Å². The molecule has 0 saturated carbocycles. The lowest BCUT2D eigenvalue weighted by atomic mass is 10.0. The molecule has 1 aliphatic rings. The summed E-state index contributed by atoms with van der Waals surface area (Å²) in [6.45, 7) is 7.25. The molecule has 2 heterocycles. The predicted octanol–water partition coefficient (Wildman–Crippen LogP) is 4.10. The van der Waals surface area contributed by atoms with E-state index >= 15 is 0 Å². The number of carbonyl (C=O) groups excluding carboxylic acids is 4. The smallest absolute Gasteiger partial charge is 0.329 e. The maximum Gasteiger partial charge on any atom is 0.329 e. The number of thioether (sulfide) groups is 1. The summed E-state index contributed by atoms with van der Waals surface area (Å²) in [5.41, 5.74) is 2.23. The Hall–Kier alpha value is -4.91. The molecule has 3 aromatic rings. The molecule has 0 fully saturated rings. The summed E-state index contributed by atoms with van der Waals surface area (Å²) in [4.78, 5) is 82.5. The van der Waals surface area contributed by atoms with Gasteiger partial charge in [-0.2, -0.15) is 0 Å². The molecule has 0 bridgehead atoms. The van der Waals surface area contributed by atoms with Crippen molar-refractivity contribution in [2.24, 2.45) is 4.99 Å². The molecule has 7 N–H and O–H groups in total. The van der Waals surface area contributed by atoms with E-state index in [1.165, 1.54) is 36.4 Å². The summed E-state index contributed by atoms with van der Waals surface area (Å²) in [6.07, 6.45) is 4.65. The lowest BCUT2D eigenvalue weighted by Gasteiger charge is -2.24. The Kier molecular flexibility index (Phi) is 23.5. The topological polar surface area (TPSA) is 232 Å². The molecule has 4 rings (SSSR count). The Balaban J connectivity index is 0.00000182. The van der Waals surface area contributed by atoms with Crippen LogP contribution in [-0.4, -0.2) is 119 Å². The number of hydrogen-bond acceptors (Lipinski definition) is 12. The number of aromatic nitrogens is 1. The molecule has 0 saturated heterocycles. The zero-order chi connectivity index (χ0) is 42.9. The van der Waals surface area contributed by atoms with Crippen molar-refractivity contribution in [3.8, 4) is 0 Å². The number of thiazole rings is 1. The molecule has 318 valence electrons. The highest BCUT2D eigenvalue weighted by molar-refractivity contribution is 8.15. The van der Waals surface area contributed by atoms with Gasteiger partial charge in [0.2, 0.25) is 23.6 Å². The van der Waals surface area contributed by atoms with E-state index in [-0.39, 0.29) is 24.8 Å². The second-order valence-electron chi connectivity index (χ2n) is 13.7. The normalized spacial score (nSPS) is 14.1. The quantitative estimate of drug-likeness (QED) is 0.0594. The van der Waals surface area contributed by atoms with Crippen LogP contribution in [-0.2, 0) is 35.3 Å². The molecule has 3 atom stereocenters. The van der Waals surface area contributed by atoms with Gasteiger partial charge >= 0.3 is 5.97 Å². The van der Waals surface area contributed by atoms with Crippen molar-refractivity contribution < 1.29 is 39.0 Å². The van der Waals surface area contributed by atoms with Gasteiger partial charge in [-0.3, -0.25) is 29.0 Å². The van der Waals surface area contributed by atoms with Crippen molar-refractivity contribution in [1.29, 1.82) is 0 Å². The van der Waals surface area contributed by atoms with Gasteiger partial charge < -0.3 is 41.7 Å². The fraction of sp³-hybridized carbons (Fsp3) is 0.500. The van der Waals surface area contributed by atoms with Crippen LogP contribution in [0.2, 0.25) is 0 Å². The Morgan fingerprint density at radius 2 is 1.60 bits per heavy atom. The average molecular weight is 843 g/mol. The molecule has 1 aromatic heterocycles. The van der Waals surface area contributed by atoms with Gasteiger partial charge in [0.25, 0.3) is 6.47 Å². The third-order valence-electron chi connectivity index (χ3n) is 8.16. The van der Waals surface area contributed by atoms with Gasteiger partial charge in [0.1, 0.15) is 22.1 Å². The number of carboxylic acids is 1. The fourth-order valence-corrected chi connectivity index (χ4v) is 7.53. The second-order valence-corrected chi connectivity index (χ2v) is 15.7. The number of benzene rings is 2. The van der Waals surface area contributed by atoms with Crippen molar-refractivity contribution >= 4 is 80.1 Å². The van der Waals surface area contributed by atoms with Gasteiger partial charge in [-0.05, 0) is 82.9 Å². The standard InChI is InChI=1S/C36H48N8O6S2.C3H8.CH2O2/c1-23(45)38-17-9-7-13-28(32(47)39-25-15-16-26-30(19-25)52-35(42-26)34-43-29(22-51-34)36(49)50)41-33(48)27(14-8-10-18-44(2)3)40-31(46)21-37-20-24-11-5-4-6-12-24;1-3-2;2-1-3/h4-6,11-12,15-16,19,27-29,37H,7-10,13-14,17-18,20-22H2,1-3H3,(H,38,45)(H,39,47)(H,40,46)(H,41,48)(H,49,50);3H2,1-2H3;1H,(H,2,3)/t27?,28-,29?;;/m0../s1. The molecule has 18 heteroatoms. The molecule has 16 nitrogen and oxygen atoms in total. The number of aliphatic carboxylic acids is 1. The van der Waals surface area contributed by atoms with Crippen molar-refractivity contribution in [3.63, 3.8) is 0 Å². The lowest BCUT2D eigenvalue weighted by Crippen LogP contribution is -2.53. The van der Waals surface area contributed by atoms with Gasteiger partial charge in [0, 0.05) is 31.5 Å². The lowest BCUT2D eigenvalue weighted by molar-refractivity contribution is -0.137. The third kappa shape index (κ3) is 19.0. The SMILES string of the molecule is CC(=O)NCCCC[C@H](NC(=O)C(CCCCN(C)C)NC(=O)CNCc1ccccc1)C(=O)Nc1ccc2nc(C3=NC(C(=O)O)CS3)sc2c1.CCC.O=CO. The largest absolute Gasteiger partial charge is 0.483 e. The third-order valence-corrected chi connectivity index (χ3v) is 10.4. The first kappa shape index (κ1) is 49.2. The number of carboxylic acid groups (broad SMARTS) is 2. The number of nitrogens with zero attached hydrogens (tertiary/aromatic N) is 3. The molecule has 2 unspecified atom stereocenters. The highest BCUT2D eigenvalue weighted by atomic mass is 32.2. The molecule has 0 spiro atoms. The first-order valence-corrected chi connectivity index (χ1v) is 21.1. The number of nitrogens with one attached hydrogen (secondary N) is 5. The van der Waals surface area contributed by atoms with Crippen LogP contribution in [0.3, 0.4) is 0 Å². The molecule has 58 heavy (non-hydrogen) atoms. The van der Waals surface area contributed by atoms with E-state index in [4.69, 9.17) is 9.90 Å². The van der Waals surface area contributed by atoms with Crippen LogP contribution in [0.5, 0.6) is 0 Å². The van der Waals surface area contributed by atoms with Gasteiger partial charge in [0.05, 0.1) is 16.8 Å². The minimum atomic E-state index is -0.973. The van der Waals surface area contributed by atoms with E-state index < -0.39 is 35.9 Å². The van der Waals surface area contributed by atoms with Crippen LogP contribution < -0.4 is 26.6 Å². The number of unbranched alkanes of at least 4 members (excludes halogenated alkanes) is 2. The summed E-state index contributed by atoms with van der Waals surface area (Å²) < 4.78 is 0.784. The number of rotatable bonds is 21. The number of carbonyl (C=O) groups is 6. The summed E-state index contributed by atoms with van der Waals surface area (Å²) in [7, 11) is 3.95. The van der Waals surface area contributed by atoms with Crippen LogP contribution in [0.15, 0.2) is 53.5 Å². The summed E-state index contributed by atoms with van der Waals surface area (Å²) in [6, 6.07) is 12.4. The van der Waals surface area contributed by atoms with Gasteiger partial charge in [0.15, 0.2) is 6.04 Å². The Bertz CT molecular complexity index is 1790.